The van der Waals surface area contributed by atoms with Crippen LogP contribution in [0.25, 0.3) is 11.4 Å². The van der Waals surface area contributed by atoms with Gasteiger partial charge < -0.3 is 5.32 Å². The van der Waals surface area contributed by atoms with Crippen molar-refractivity contribution in [2.45, 2.75) is 20.0 Å². The summed E-state index contributed by atoms with van der Waals surface area (Å²) in [4.78, 5) is 17.9. The molecule has 7 heteroatoms. The Labute approximate surface area is 135 Å². The third kappa shape index (κ3) is 4.51. The maximum absolute atomic E-state index is 11.7. The van der Waals surface area contributed by atoms with Gasteiger partial charge in [-0.05, 0) is 25.7 Å². The van der Waals surface area contributed by atoms with Crippen molar-refractivity contribution in [2.75, 3.05) is 20.1 Å². The summed E-state index contributed by atoms with van der Waals surface area (Å²) in [5.74, 6) is 0.744. The van der Waals surface area contributed by atoms with E-state index in [9.17, 15) is 4.79 Å². The standard InChI is InChI=1S/C15H21N5OS/c1-3-9-16-13(21)10-19(2)11-20-15(22)17-14(18-20)12-7-5-4-6-8-12/h4-8H,3,9-11H2,1-2H3,(H,16,21)(H,17,18,22). The number of hydrogen-bond acceptors (Lipinski definition) is 4. The van der Waals surface area contributed by atoms with Crippen LogP contribution in [0.3, 0.4) is 0 Å². The van der Waals surface area contributed by atoms with Crippen molar-refractivity contribution in [3.8, 4) is 11.4 Å². The van der Waals surface area contributed by atoms with E-state index in [2.05, 4.69) is 15.4 Å². The smallest absolute Gasteiger partial charge is 0.234 e. The number of hydrogen-bond donors (Lipinski definition) is 2. The van der Waals surface area contributed by atoms with Crippen LogP contribution in [0, 0.1) is 4.77 Å². The lowest BCUT2D eigenvalue weighted by atomic mass is 10.2. The maximum Gasteiger partial charge on any atom is 0.234 e. The average molecular weight is 319 g/mol. The van der Waals surface area contributed by atoms with Gasteiger partial charge >= 0.3 is 0 Å². The van der Waals surface area contributed by atoms with Crippen molar-refractivity contribution in [3.63, 3.8) is 0 Å². The fraction of sp³-hybridized carbons (Fsp3) is 0.400. The lowest BCUT2D eigenvalue weighted by Crippen LogP contribution is -2.36. The Bertz CT molecular complexity index is 664. The molecule has 0 fully saturated rings. The lowest BCUT2D eigenvalue weighted by Gasteiger charge is -2.16. The van der Waals surface area contributed by atoms with Crippen LogP contribution < -0.4 is 5.32 Å². The third-order valence-corrected chi connectivity index (χ3v) is 3.41. The molecule has 2 rings (SSSR count). The summed E-state index contributed by atoms with van der Waals surface area (Å²) in [7, 11) is 1.87. The van der Waals surface area contributed by atoms with Gasteiger partial charge in [-0.1, -0.05) is 37.3 Å². The molecule has 1 aromatic heterocycles. The molecule has 0 aliphatic rings. The number of likely N-dealkylation sites (N-methyl/N-ethyl adjacent to an activating group) is 1. The minimum absolute atomic E-state index is 0.0127. The van der Waals surface area contributed by atoms with Gasteiger partial charge in [0.25, 0.3) is 0 Å². The molecule has 2 N–H and O–H groups in total. The Morgan fingerprint density at radius 2 is 2.14 bits per heavy atom. The first-order chi connectivity index (χ1) is 10.6. The summed E-state index contributed by atoms with van der Waals surface area (Å²) in [6.45, 7) is 3.53. The van der Waals surface area contributed by atoms with Gasteiger partial charge in [-0.15, -0.1) is 0 Å². The molecule has 0 saturated carbocycles. The van der Waals surface area contributed by atoms with E-state index in [-0.39, 0.29) is 5.91 Å². The van der Waals surface area contributed by atoms with Gasteiger partial charge in [-0.2, -0.15) is 4.98 Å². The second kappa shape index (κ2) is 7.86. The highest BCUT2D eigenvalue weighted by Crippen LogP contribution is 2.13. The molecule has 6 nitrogen and oxygen atoms in total. The van der Waals surface area contributed by atoms with Gasteiger partial charge in [0.1, 0.15) is 0 Å². The van der Waals surface area contributed by atoms with Gasteiger partial charge in [0.05, 0.1) is 13.2 Å². The number of carbonyl (C=O) groups is 1. The number of H-pyrrole nitrogens is 1. The minimum Gasteiger partial charge on any atom is -0.355 e. The van der Waals surface area contributed by atoms with Gasteiger partial charge in [-0.3, -0.25) is 14.8 Å². The molecule has 0 spiro atoms. The first-order valence-corrected chi connectivity index (χ1v) is 7.68. The SMILES string of the molecule is CCCNC(=O)CN(C)Cn1[nH]c(-c2ccccc2)nc1=S. The summed E-state index contributed by atoms with van der Waals surface area (Å²) in [6, 6.07) is 9.81. The van der Waals surface area contributed by atoms with Gasteiger partial charge in [0.2, 0.25) is 10.7 Å². The van der Waals surface area contributed by atoms with Crippen LogP contribution in [-0.4, -0.2) is 45.7 Å². The van der Waals surface area contributed by atoms with E-state index >= 15 is 0 Å². The van der Waals surface area contributed by atoms with Crippen molar-refractivity contribution in [3.05, 3.63) is 35.1 Å². The second-order valence-corrected chi connectivity index (χ2v) is 5.52. The predicted octanol–water partition coefficient (Wildman–Crippen LogP) is 2.02. The number of carbonyl (C=O) groups excluding carboxylic acids is 1. The monoisotopic (exact) mass is 319 g/mol. The topological polar surface area (TPSA) is 66.0 Å². The summed E-state index contributed by atoms with van der Waals surface area (Å²) < 4.78 is 2.23. The summed E-state index contributed by atoms with van der Waals surface area (Å²) >= 11 is 5.27. The molecular formula is C15H21N5OS. The number of nitrogens with zero attached hydrogens (tertiary/aromatic N) is 3. The van der Waals surface area contributed by atoms with E-state index < -0.39 is 0 Å². The average Bonchev–Trinajstić information content (AvgIpc) is 2.87. The van der Waals surface area contributed by atoms with Crippen LogP contribution in [0.2, 0.25) is 0 Å². The zero-order valence-corrected chi connectivity index (χ0v) is 13.7. The van der Waals surface area contributed by atoms with E-state index in [1.807, 2.05) is 49.2 Å². The molecule has 1 amide bonds. The Morgan fingerprint density at radius 3 is 2.82 bits per heavy atom. The fourth-order valence-corrected chi connectivity index (χ4v) is 2.23. The molecule has 0 atom stereocenters. The van der Waals surface area contributed by atoms with Crippen LogP contribution in [0.5, 0.6) is 0 Å². The summed E-state index contributed by atoms with van der Waals surface area (Å²) in [5, 5.41) is 6.03. The zero-order chi connectivity index (χ0) is 15.9. The normalized spacial score (nSPS) is 10.9. The molecule has 0 bridgehead atoms. The van der Waals surface area contributed by atoms with Crippen LogP contribution in [0.1, 0.15) is 13.3 Å². The van der Waals surface area contributed by atoms with Crippen LogP contribution in [-0.2, 0) is 11.5 Å². The number of benzene rings is 1. The number of aromatic nitrogens is 3. The fourth-order valence-electron chi connectivity index (χ4n) is 2.03. The largest absolute Gasteiger partial charge is 0.355 e. The Kier molecular flexibility index (Phi) is 5.85. The molecule has 0 aliphatic carbocycles. The van der Waals surface area contributed by atoms with E-state index in [0.717, 1.165) is 17.8 Å². The Hall–Kier alpha value is -1.99. The Morgan fingerprint density at radius 1 is 1.41 bits per heavy atom. The van der Waals surface area contributed by atoms with E-state index in [0.29, 0.717) is 24.5 Å². The molecule has 118 valence electrons. The predicted molar refractivity (Wildman–Crippen MR) is 88.8 cm³/mol. The highest BCUT2D eigenvalue weighted by atomic mass is 32.1. The maximum atomic E-state index is 11.7. The molecular weight excluding hydrogens is 298 g/mol. The van der Waals surface area contributed by atoms with Crippen molar-refractivity contribution in [2.24, 2.45) is 0 Å². The third-order valence-electron chi connectivity index (χ3n) is 3.09. The van der Waals surface area contributed by atoms with Crippen LogP contribution >= 0.6 is 12.2 Å². The minimum atomic E-state index is 0.0127. The molecule has 0 radical (unpaired) electrons. The van der Waals surface area contributed by atoms with E-state index in [1.54, 1.807) is 4.68 Å². The highest BCUT2D eigenvalue weighted by Gasteiger charge is 2.09. The molecule has 1 aromatic carbocycles. The van der Waals surface area contributed by atoms with Crippen molar-refractivity contribution < 1.29 is 4.79 Å². The van der Waals surface area contributed by atoms with E-state index in [1.165, 1.54) is 0 Å². The van der Waals surface area contributed by atoms with Gasteiger partial charge in [0, 0.05) is 12.1 Å². The quantitative estimate of drug-likeness (QED) is 0.766. The van der Waals surface area contributed by atoms with Crippen LogP contribution in [0.15, 0.2) is 30.3 Å². The number of amides is 1. The van der Waals surface area contributed by atoms with Crippen molar-refractivity contribution in [1.29, 1.82) is 0 Å². The Balaban J connectivity index is 2.00. The number of nitrogens with one attached hydrogen (secondary N) is 2. The molecule has 2 aromatic rings. The van der Waals surface area contributed by atoms with Crippen LogP contribution in [0.4, 0.5) is 0 Å². The first kappa shape index (κ1) is 16.4. The second-order valence-electron chi connectivity index (χ2n) is 5.15. The summed E-state index contributed by atoms with van der Waals surface area (Å²) in [5.41, 5.74) is 0.982. The molecule has 22 heavy (non-hydrogen) atoms. The highest BCUT2D eigenvalue weighted by molar-refractivity contribution is 7.71. The zero-order valence-electron chi connectivity index (χ0n) is 12.9. The van der Waals surface area contributed by atoms with Crippen molar-refractivity contribution >= 4 is 18.1 Å². The molecule has 0 unspecified atom stereocenters. The molecule has 0 saturated heterocycles. The lowest BCUT2D eigenvalue weighted by molar-refractivity contribution is -0.122. The summed E-state index contributed by atoms with van der Waals surface area (Å²) in [6.07, 6.45) is 0.932. The van der Waals surface area contributed by atoms with Gasteiger partial charge in [0.15, 0.2) is 5.82 Å². The first-order valence-electron chi connectivity index (χ1n) is 7.27. The number of rotatable bonds is 7. The molecule has 0 aliphatic heterocycles. The number of aromatic amines is 1. The van der Waals surface area contributed by atoms with Crippen molar-refractivity contribution in [1.82, 2.24) is 25.0 Å². The van der Waals surface area contributed by atoms with Gasteiger partial charge in [-0.25, -0.2) is 4.68 Å². The van der Waals surface area contributed by atoms with E-state index in [4.69, 9.17) is 12.2 Å². The molecule has 1 heterocycles.